The number of para-hydroxylation sites is 1. The van der Waals surface area contributed by atoms with Gasteiger partial charge < -0.3 is 15.4 Å². The van der Waals surface area contributed by atoms with Crippen LogP contribution < -0.4 is 15.4 Å². The minimum Gasteiger partial charge on any atom is -0.434 e. The van der Waals surface area contributed by atoms with Gasteiger partial charge in [-0.05, 0) is 38.8 Å². The Hall–Kier alpha value is -1.69. The van der Waals surface area contributed by atoms with Gasteiger partial charge in [0, 0.05) is 5.56 Å². The van der Waals surface area contributed by atoms with Gasteiger partial charge in [0.15, 0.2) is 0 Å². The van der Waals surface area contributed by atoms with E-state index in [0.29, 0.717) is 12.0 Å². The third kappa shape index (κ3) is 3.55. The van der Waals surface area contributed by atoms with Gasteiger partial charge in [-0.3, -0.25) is 4.79 Å². The molecule has 1 aliphatic heterocycles. The van der Waals surface area contributed by atoms with Gasteiger partial charge >= 0.3 is 6.61 Å². The fourth-order valence-corrected chi connectivity index (χ4v) is 2.92. The molecule has 6 heteroatoms. The molecule has 1 aromatic rings. The van der Waals surface area contributed by atoms with Crippen molar-refractivity contribution in [1.29, 1.82) is 0 Å². The number of hydrogen-bond acceptors (Lipinski definition) is 3. The summed E-state index contributed by atoms with van der Waals surface area (Å²) in [6, 6.07) is 6.12. The number of amides is 1. The molecule has 1 amide bonds. The molecule has 2 unspecified atom stereocenters. The van der Waals surface area contributed by atoms with Crippen molar-refractivity contribution in [3.63, 3.8) is 0 Å². The maximum absolute atomic E-state index is 12.6. The Bertz CT molecular complexity index is 517. The number of ether oxygens (including phenoxy) is 1. The molecule has 1 fully saturated rings. The molecule has 22 heavy (non-hydrogen) atoms. The van der Waals surface area contributed by atoms with Crippen LogP contribution in [0.2, 0.25) is 0 Å². The number of carbonyl (C=O) groups is 1. The molecule has 122 valence electrons. The fraction of sp³-hybridized carbons (Fsp3) is 0.562. The van der Waals surface area contributed by atoms with Crippen molar-refractivity contribution in [1.82, 2.24) is 10.6 Å². The summed E-state index contributed by atoms with van der Waals surface area (Å²) < 4.78 is 29.5. The molecule has 2 rings (SSSR count). The number of halogens is 2. The molecule has 1 aliphatic rings. The summed E-state index contributed by atoms with van der Waals surface area (Å²) in [4.78, 5) is 12.6. The molecule has 0 aromatic heterocycles. The first kappa shape index (κ1) is 16.7. The van der Waals surface area contributed by atoms with Gasteiger partial charge in [0.2, 0.25) is 5.91 Å². The Labute approximate surface area is 129 Å². The molecule has 0 radical (unpaired) electrons. The largest absolute Gasteiger partial charge is 0.434 e. The lowest BCUT2D eigenvalue weighted by molar-refractivity contribution is -0.128. The van der Waals surface area contributed by atoms with Crippen LogP contribution in [-0.2, 0) is 4.79 Å². The zero-order chi connectivity index (χ0) is 16.2. The summed E-state index contributed by atoms with van der Waals surface area (Å²) in [7, 11) is 0. The van der Waals surface area contributed by atoms with Gasteiger partial charge in [0.05, 0.1) is 11.6 Å². The zero-order valence-corrected chi connectivity index (χ0v) is 12.9. The molecule has 0 aliphatic carbocycles. The monoisotopic (exact) mass is 312 g/mol. The first-order chi connectivity index (χ1) is 10.5. The van der Waals surface area contributed by atoms with Crippen LogP contribution in [0.5, 0.6) is 5.75 Å². The van der Waals surface area contributed by atoms with E-state index in [4.69, 9.17) is 0 Å². The SMILES string of the molecule is CCC1(C(=O)NC(C)c2ccccc2OC(F)F)CCCN1. The normalized spacial score (nSPS) is 22.6. The average molecular weight is 312 g/mol. The van der Waals surface area contributed by atoms with E-state index in [-0.39, 0.29) is 11.7 Å². The fourth-order valence-electron chi connectivity index (χ4n) is 2.92. The highest BCUT2D eigenvalue weighted by molar-refractivity contribution is 5.87. The highest BCUT2D eigenvalue weighted by Crippen LogP contribution is 2.28. The topological polar surface area (TPSA) is 50.4 Å². The van der Waals surface area contributed by atoms with Crippen LogP contribution in [0.15, 0.2) is 24.3 Å². The van der Waals surface area contributed by atoms with Crippen molar-refractivity contribution in [2.24, 2.45) is 0 Å². The Kier molecular flexibility index (Phi) is 5.34. The molecule has 1 aromatic carbocycles. The molecule has 1 saturated heterocycles. The second-order valence-corrected chi connectivity index (χ2v) is 5.58. The summed E-state index contributed by atoms with van der Waals surface area (Å²) in [5, 5.41) is 6.18. The minimum atomic E-state index is -2.89. The average Bonchev–Trinajstić information content (AvgIpc) is 2.97. The van der Waals surface area contributed by atoms with Gasteiger partial charge in [-0.25, -0.2) is 0 Å². The molecule has 0 spiro atoms. The third-order valence-corrected chi connectivity index (χ3v) is 4.23. The van der Waals surface area contributed by atoms with E-state index in [1.165, 1.54) is 6.07 Å². The quantitative estimate of drug-likeness (QED) is 0.849. The minimum absolute atomic E-state index is 0.0909. The third-order valence-electron chi connectivity index (χ3n) is 4.23. The van der Waals surface area contributed by atoms with Gasteiger partial charge in [0.25, 0.3) is 0 Å². The van der Waals surface area contributed by atoms with Gasteiger partial charge in [-0.2, -0.15) is 8.78 Å². The Morgan fingerprint density at radius 2 is 2.18 bits per heavy atom. The van der Waals surface area contributed by atoms with Gasteiger partial charge in [0.1, 0.15) is 5.75 Å². The van der Waals surface area contributed by atoms with Crippen molar-refractivity contribution in [2.75, 3.05) is 6.54 Å². The summed E-state index contributed by atoms with van der Waals surface area (Å²) >= 11 is 0. The smallest absolute Gasteiger partial charge is 0.387 e. The molecule has 2 atom stereocenters. The first-order valence-corrected chi connectivity index (χ1v) is 7.58. The van der Waals surface area contributed by atoms with E-state index >= 15 is 0 Å². The Morgan fingerprint density at radius 3 is 2.77 bits per heavy atom. The van der Waals surface area contributed by atoms with E-state index in [0.717, 1.165) is 19.4 Å². The summed E-state index contributed by atoms with van der Waals surface area (Å²) in [5.41, 5.74) is -0.00680. The second kappa shape index (κ2) is 7.05. The van der Waals surface area contributed by atoms with Crippen LogP contribution in [0.25, 0.3) is 0 Å². The van der Waals surface area contributed by atoms with E-state index < -0.39 is 18.2 Å². The maximum atomic E-state index is 12.6. The molecular formula is C16H22F2N2O2. The van der Waals surface area contributed by atoms with Crippen molar-refractivity contribution >= 4 is 5.91 Å². The van der Waals surface area contributed by atoms with Crippen molar-refractivity contribution < 1.29 is 18.3 Å². The number of alkyl halides is 2. The molecule has 0 bridgehead atoms. The van der Waals surface area contributed by atoms with Crippen molar-refractivity contribution in [2.45, 2.75) is 51.3 Å². The highest BCUT2D eigenvalue weighted by atomic mass is 19.3. The molecular weight excluding hydrogens is 290 g/mol. The van der Waals surface area contributed by atoms with Crippen LogP contribution in [0, 0.1) is 0 Å². The van der Waals surface area contributed by atoms with Crippen LogP contribution in [0.1, 0.15) is 44.7 Å². The maximum Gasteiger partial charge on any atom is 0.387 e. The van der Waals surface area contributed by atoms with Crippen LogP contribution in [0.4, 0.5) is 8.78 Å². The summed E-state index contributed by atoms with van der Waals surface area (Å²) in [6.45, 7) is 1.67. The molecule has 0 saturated carbocycles. The standard InChI is InChI=1S/C16H22F2N2O2/c1-3-16(9-6-10-19-16)14(21)20-11(2)12-7-4-5-8-13(12)22-15(17)18/h4-5,7-8,11,15,19H,3,6,9-10H2,1-2H3,(H,20,21). The lowest BCUT2D eigenvalue weighted by Gasteiger charge is -2.29. The van der Waals surface area contributed by atoms with Crippen LogP contribution >= 0.6 is 0 Å². The lowest BCUT2D eigenvalue weighted by Crippen LogP contribution is -2.53. The predicted octanol–water partition coefficient (Wildman–Crippen LogP) is 3.00. The van der Waals surface area contributed by atoms with Gasteiger partial charge in [-0.15, -0.1) is 0 Å². The van der Waals surface area contributed by atoms with Crippen molar-refractivity contribution in [3.8, 4) is 5.75 Å². The summed E-state index contributed by atoms with van der Waals surface area (Å²) in [6.07, 6.45) is 2.44. The van der Waals surface area contributed by atoms with Crippen molar-refractivity contribution in [3.05, 3.63) is 29.8 Å². The summed E-state index contributed by atoms with van der Waals surface area (Å²) in [5.74, 6) is 0.00193. The number of nitrogens with one attached hydrogen (secondary N) is 2. The second-order valence-electron chi connectivity index (χ2n) is 5.58. The number of benzene rings is 1. The highest BCUT2D eigenvalue weighted by Gasteiger charge is 2.39. The van der Waals surface area contributed by atoms with Gasteiger partial charge in [-0.1, -0.05) is 25.1 Å². The zero-order valence-electron chi connectivity index (χ0n) is 12.9. The molecule has 1 heterocycles. The Balaban J connectivity index is 2.12. The number of carbonyl (C=O) groups excluding carboxylic acids is 1. The van der Waals surface area contributed by atoms with E-state index in [1.54, 1.807) is 25.1 Å². The number of rotatable bonds is 6. The van der Waals surface area contributed by atoms with E-state index in [9.17, 15) is 13.6 Å². The predicted molar refractivity (Wildman–Crippen MR) is 79.9 cm³/mol. The lowest BCUT2D eigenvalue weighted by atomic mass is 9.92. The van der Waals surface area contributed by atoms with E-state index in [2.05, 4.69) is 15.4 Å². The first-order valence-electron chi connectivity index (χ1n) is 7.58. The van der Waals surface area contributed by atoms with Crippen LogP contribution in [-0.4, -0.2) is 24.6 Å². The van der Waals surface area contributed by atoms with E-state index in [1.807, 2.05) is 6.92 Å². The Morgan fingerprint density at radius 1 is 1.45 bits per heavy atom. The number of hydrogen-bond donors (Lipinski definition) is 2. The molecule has 4 nitrogen and oxygen atoms in total. The molecule has 2 N–H and O–H groups in total. The van der Waals surface area contributed by atoms with Crippen LogP contribution in [0.3, 0.4) is 0 Å².